The number of hydrogen-bond donors (Lipinski definition) is 3. The Bertz CT molecular complexity index is 1610. The molecule has 4 aromatic rings. The van der Waals surface area contributed by atoms with Gasteiger partial charge in [-0.15, -0.1) is 0 Å². The molecule has 0 aliphatic rings. The molecule has 1 atom stereocenters. The van der Waals surface area contributed by atoms with E-state index in [1.165, 1.54) is 12.3 Å². The van der Waals surface area contributed by atoms with E-state index in [9.17, 15) is 22.8 Å². The molecule has 0 radical (unpaired) electrons. The summed E-state index contributed by atoms with van der Waals surface area (Å²) < 4.78 is 62.5. The number of pyridine rings is 1. The Kier molecular flexibility index (Phi) is 8.12. The highest BCUT2D eigenvalue weighted by Gasteiger charge is 2.34. The molecule has 216 valence electrons. The molecule has 0 bridgehead atoms. The van der Waals surface area contributed by atoms with Gasteiger partial charge in [0, 0.05) is 36.1 Å². The Hall–Kier alpha value is -4.75. The molecule has 4 rings (SSSR count). The van der Waals surface area contributed by atoms with Crippen LogP contribution in [-0.4, -0.2) is 44.8 Å². The van der Waals surface area contributed by atoms with Gasteiger partial charge in [0.2, 0.25) is 6.41 Å². The smallest absolute Gasteiger partial charge is 0.416 e. The number of ether oxygens (including phenoxy) is 1. The number of benzene rings is 1. The van der Waals surface area contributed by atoms with E-state index in [0.717, 1.165) is 18.3 Å². The number of fused-ring (bicyclic) bond motifs is 1. The molecule has 10 nitrogen and oxygen atoms in total. The summed E-state index contributed by atoms with van der Waals surface area (Å²) >= 11 is 0. The second kappa shape index (κ2) is 11.4. The van der Waals surface area contributed by atoms with Gasteiger partial charge in [0.15, 0.2) is 0 Å². The third-order valence-corrected chi connectivity index (χ3v) is 6.66. The minimum Gasteiger partial charge on any atom is -0.493 e. The SMILES string of the molecule is CCOc1cc(C(=O)Nc2cc(C(F)(F)F)ccn2)cc(F)c1-c1nc([C@](C)(CC)CNC=O)n2ccnc(N)c12. The number of nitrogens with one attached hydrogen (secondary N) is 2. The highest BCUT2D eigenvalue weighted by molar-refractivity contribution is 6.05. The van der Waals surface area contributed by atoms with Gasteiger partial charge in [0.05, 0.1) is 17.7 Å². The Morgan fingerprint density at radius 1 is 1.17 bits per heavy atom. The van der Waals surface area contributed by atoms with Crippen molar-refractivity contribution in [2.24, 2.45) is 0 Å². The van der Waals surface area contributed by atoms with Crippen molar-refractivity contribution in [2.45, 2.75) is 38.8 Å². The summed E-state index contributed by atoms with van der Waals surface area (Å²) in [5.74, 6) is -1.67. The van der Waals surface area contributed by atoms with Crippen molar-refractivity contribution in [3.63, 3.8) is 0 Å². The van der Waals surface area contributed by atoms with E-state index in [2.05, 4.69) is 20.6 Å². The molecule has 0 aliphatic carbocycles. The zero-order chi connectivity index (χ0) is 29.9. The van der Waals surface area contributed by atoms with Crippen molar-refractivity contribution in [1.82, 2.24) is 24.7 Å². The normalized spacial score (nSPS) is 13.0. The second-order valence-corrected chi connectivity index (χ2v) is 9.37. The first kappa shape index (κ1) is 29.2. The summed E-state index contributed by atoms with van der Waals surface area (Å²) in [7, 11) is 0. The van der Waals surface area contributed by atoms with Gasteiger partial charge in [0.25, 0.3) is 5.91 Å². The third-order valence-electron chi connectivity index (χ3n) is 6.66. The van der Waals surface area contributed by atoms with Crippen LogP contribution in [0.2, 0.25) is 0 Å². The summed E-state index contributed by atoms with van der Waals surface area (Å²) in [6, 6.07) is 3.62. The van der Waals surface area contributed by atoms with Crippen LogP contribution in [0.3, 0.4) is 0 Å². The number of carbonyl (C=O) groups excluding carboxylic acids is 2. The molecule has 2 amide bonds. The third kappa shape index (κ3) is 5.76. The molecule has 0 spiro atoms. The topological polar surface area (TPSA) is 137 Å². The van der Waals surface area contributed by atoms with Crippen molar-refractivity contribution in [1.29, 1.82) is 0 Å². The van der Waals surface area contributed by atoms with Gasteiger partial charge in [-0.3, -0.25) is 14.0 Å². The van der Waals surface area contributed by atoms with Crippen LogP contribution >= 0.6 is 0 Å². The highest BCUT2D eigenvalue weighted by Crippen LogP contribution is 2.40. The number of alkyl halides is 3. The lowest BCUT2D eigenvalue weighted by Gasteiger charge is -2.26. The Labute approximate surface area is 232 Å². The summed E-state index contributed by atoms with van der Waals surface area (Å²) in [4.78, 5) is 36.6. The average molecular weight is 574 g/mol. The van der Waals surface area contributed by atoms with E-state index < -0.39 is 28.9 Å². The number of anilines is 2. The first-order valence-electron chi connectivity index (χ1n) is 12.5. The Morgan fingerprint density at radius 3 is 2.59 bits per heavy atom. The maximum Gasteiger partial charge on any atom is 0.416 e. The molecule has 14 heteroatoms. The van der Waals surface area contributed by atoms with Gasteiger partial charge < -0.3 is 21.1 Å². The van der Waals surface area contributed by atoms with Crippen molar-refractivity contribution in [2.75, 3.05) is 24.2 Å². The highest BCUT2D eigenvalue weighted by atomic mass is 19.4. The maximum absolute atomic E-state index is 15.9. The summed E-state index contributed by atoms with van der Waals surface area (Å²) in [6.45, 7) is 5.78. The Balaban J connectivity index is 1.84. The maximum atomic E-state index is 15.9. The average Bonchev–Trinajstić information content (AvgIpc) is 3.32. The Morgan fingerprint density at radius 2 is 1.93 bits per heavy atom. The van der Waals surface area contributed by atoms with E-state index in [1.54, 1.807) is 17.5 Å². The van der Waals surface area contributed by atoms with Crippen LogP contribution in [0.1, 0.15) is 48.9 Å². The first-order chi connectivity index (χ1) is 19.4. The fourth-order valence-corrected chi connectivity index (χ4v) is 4.37. The van der Waals surface area contributed by atoms with Crippen LogP contribution in [0.4, 0.5) is 29.2 Å². The predicted octanol–water partition coefficient (Wildman–Crippen LogP) is 4.60. The number of aromatic nitrogens is 4. The number of nitrogen functional groups attached to an aromatic ring is 1. The van der Waals surface area contributed by atoms with Gasteiger partial charge in [-0.25, -0.2) is 19.3 Å². The molecule has 3 aromatic heterocycles. The number of nitrogens with two attached hydrogens (primary N) is 1. The lowest BCUT2D eigenvalue weighted by atomic mass is 9.86. The lowest BCUT2D eigenvalue weighted by Crippen LogP contribution is -2.36. The lowest BCUT2D eigenvalue weighted by molar-refractivity contribution is -0.137. The van der Waals surface area contributed by atoms with Crippen LogP contribution in [0, 0.1) is 5.82 Å². The quantitative estimate of drug-likeness (QED) is 0.186. The van der Waals surface area contributed by atoms with Gasteiger partial charge in [-0.1, -0.05) is 13.8 Å². The number of imidazole rings is 1. The monoisotopic (exact) mass is 573 g/mol. The van der Waals surface area contributed by atoms with Crippen molar-refractivity contribution < 1.29 is 31.9 Å². The van der Waals surface area contributed by atoms with Gasteiger partial charge >= 0.3 is 6.18 Å². The number of nitrogens with zero attached hydrogens (tertiary/aromatic N) is 4. The number of carbonyl (C=O) groups is 2. The molecule has 0 saturated carbocycles. The summed E-state index contributed by atoms with van der Waals surface area (Å²) in [5.41, 5.74) is 4.60. The fraction of sp³-hybridized carbons (Fsp3) is 0.296. The molecule has 41 heavy (non-hydrogen) atoms. The summed E-state index contributed by atoms with van der Waals surface area (Å²) in [6.07, 6.45) is 0.481. The predicted molar refractivity (Wildman–Crippen MR) is 143 cm³/mol. The van der Waals surface area contributed by atoms with E-state index in [0.29, 0.717) is 30.2 Å². The summed E-state index contributed by atoms with van der Waals surface area (Å²) in [5, 5.41) is 4.93. The minimum absolute atomic E-state index is 0.0475. The molecular weight excluding hydrogens is 546 g/mol. The molecule has 0 fully saturated rings. The first-order valence-corrected chi connectivity index (χ1v) is 12.5. The minimum atomic E-state index is -4.64. The number of amides is 2. The molecule has 0 unspecified atom stereocenters. The van der Waals surface area contributed by atoms with Gasteiger partial charge in [-0.2, -0.15) is 13.2 Å². The molecule has 3 heterocycles. The molecule has 1 aromatic carbocycles. The molecular formula is C27H27F4N7O3. The van der Waals surface area contributed by atoms with E-state index in [4.69, 9.17) is 15.5 Å². The molecule has 0 aliphatic heterocycles. The van der Waals surface area contributed by atoms with E-state index in [1.807, 2.05) is 13.8 Å². The largest absolute Gasteiger partial charge is 0.493 e. The fourth-order valence-electron chi connectivity index (χ4n) is 4.37. The number of halogens is 4. The van der Waals surface area contributed by atoms with Gasteiger partial charge in [0.1, 0.15) is 40.2 Å². The van der Waals surface area contributed by atoms with Crippen molar-refractivity contribution in [3.05, 3.63) is 65.6 Å². The second-order valence-electron chi connectivity index (χ2n) is 9.37. The zero-order valence-electron chi connectivity index (χ0n) is 22.3. The molecule has 4 N–H and O–H groups in total. The van der Waals surface area contributed by atoms with E-state index in [-0.39, 0.29) is 47.4 Å². The molecule has 0 saturated heterocycles. The standard InChI is InChI=1S/C27H27F4N7O3/c1-4-26(3,13-33-14-39)25-37-21(22-23(32)35-8-9-38(22)25)20-17(28)10-15(11-18(20)41-5-2)24(40)36-19-12-16(6-7-34-19)27(29,30)31/h6-12,14H,4-5,13H2,1-3H3,(H2,32,35)(H,33,39)(H,34,36,40)/t26-/m1/s1. The van der Waals surface area contributed by atoms with Crippen molar-refractivity contribution in [3.8, 4) is 17.0 Å². The number of rotatable bonds is 10. The van der Waals surface area contributed by atoms with Gasteiger partial charge in [-0.05, 0) is 37.6 Å². The van der Waals surface area contributed by atoms with Crippen molar-refractivity contribution >= 4 is 29.5 Å². The van der Waals surface area contributed by atoms with Crippen LogP contribution in [-0.2, 0) is 16.4 Å². The van der Waals surface area contributed by atoms with E-state index >= 15 is 4.39 Å². The van der Waals surface area contributed by atoms with Crippen LogP contribution in [0.5, 0.6) is 5.75 Å². The van der Waals surface area contributed by atoms with Crippen LogP contribution < -0.4 is 21.1 Å². The zero-order valence-corrected chi connectivity index (χ0v) is 22.3. The number of hydrogen-bond acceptors (Lipinski definition) is 7. The van der Waals surface area contributed by atoms with Crippen LogP contribution in [0.15, 0.2) is 42.9 Å². The van der Waals surface area contributed by atoms with Crippen LogP contribution in [0.25, 0.3) is 16.8 Å².